The fourth-order valence-electron chi connectivity index (χ4n) is 2.31. The molecule has 3 N–H and O–H groups in total. The van der Waals surface area contributed by atoms with E-state index >= 15 is 0 Å². The first-order valence-corrected chi connectivity index (χ1v) is 7.31. The first kappa shape index (κ1) is 12.9. The van der Waals surface area contributed by atoms with Crippen LogP contribution in [0.2, 0.25) is 0 Å². The lowest BCUT2D eigenvalue weighted by Crippen LogP contribution is -2.21. The van der Waals surface area contributed by atoms with Gasteiger partial charge in [-0.3, -0.25) is 0 Å². The lowest BCUT2D eigenvalue weighted by Gasteiger charge is -2.19. The van der Waals surface area contributed by atoms with Gasteiger partial charge in [0.05, 0.1) is 6.10 Å². The van der Waals surface area contributed by atoms with Crippen LogP contribution in [-0.4, -0.2) is 16.5 Å². The molecule has 0 heterocycles. The normalized spacial score (nSPS) is 25.5. The molecule has 0 aromatic heterocycles. The Kier molecular flexibility index (Phi) is 4.89. The quantitative estimate of drug-likeness (QED) is 0.812. The molecule has 0 spiro atoms. The molecule has 1 aliphatic rings. The van der Waals surface area contributed by atoms with Crippen LogP contribution in [0, 0.1) is 0 Å². The fourth-order valence-corrected chi connectivity index (χ4v) is 3.62. The van der Waals surface area contributed by atoms with Crippen LogP contribution in [0.3, 0.4) is 0 Å². The summed E-state index contributed by atoms with van der Waals surface area (Å²) in [7, 11) is 0. The van der Waals surface area contributed by atoms with E-state index in [1.165, 1.54) is 24.2 Å². The number of hydrogen-bond acceptors (Lipinski definition) is 3. The summed E-state index contributed by atoms with van der Waals surface area (Å²) in [4.78, 5) is 1.24. The van der Waals surface area contributed by atoms with Crippen LogP contribution >= 0.6 is 11.8 Å². The third-order valence-corrected chi connectivity index (χ3v) is 4.72. The van der Waals surface area contributed by atoms with Crippen molar-refractivity contribution in [3.8, 4) is 0 Å². The fraction of sp³-hybridized carbons (Fsp3) is 0.571. The predicted octanol–water partition coefficient (Wildman–Crippen LogP) is 2.93. The molecule has 17 heavy (non-hydrogen) atoms. The number of thioether (sulfide) groups is 1. The molecule has 1 aromatic carbocycles. The Labute approximate surface area is 108 Å². The second kappa shape index (κ2) is 6.43. The first-order valence-electron chi connectivity index (χ1n) is 6.43. The van der Waals surface area contributed by atoms with Crippen molar-refractivity contribution in [3.05, 3.63) is 29.8 Å². The first-order chi connectivity index (χ1) is 8.29. The molecule has 3 heteroatoms. The summed E-state index contributed by atoms with van der Waals surface area (Å²) in [5, 5.41) is 10.4. The average Bonchev–Trinajstić information content (AvgIpc) is 2.55. The molecule has 2 nitrogen and oxygen atoms in total. The second-order valence-electron chi connectivity index (χ2n) is 4.71. The molecule has 2 atom stereocenters. The minimum absolute atomic E-state index is 0.149. The Morgan fingerprint density at radius 3 is 2.88 bits per heavy atom. The van der Waals surface area contributed by atoms with Gasteiger partial charge in [-0.1, -0.05) is 31.4 Å². The average molecular weight is 251 g/mol. The highest BCUT2D eigenvalue weighted by molar-refractivity contribution is 8.00. The van der Waals surface area contributed by atoms with Gasteiger partial charge in [-0.05, 0) is 30.5 Å². The zero-order valence-corrected chi connectivity index (χ0v) is 11.0. The van der Waals surface area contributed by atoms with Crippen molar-refractivity contribution < 1.29 is 5.11 Å². The number of aliphatic hydroxyl groups is 1. The van der Waals surface area contributed by atoms with Gasteiger partial charge in [-0.15, -0.1) is 11.8 Å². The molecule has 0 radical (unpaired) electrons. The van der Waals surface area contributed by atoms with Gasteiger partial charge in [0.15, 0.2) is 0 Å². The minimum atomic E-state index is -0.149. The summed E-state index contributed by atoms with van der Waals surface area (Å²) in [5.41, 5.74) is 6.81. The van der Waals surface area contributed by atoms with Gasteiger partial charge >= 0.3 is 0 Å². The van der Waals surface area contributed by atoms with Gasteiger partial charge in [0.2, 0.25) is 0 Å². The molecule has 0 saturated heterocycles. The zero-order valence-electron chi connectivity index (χ0n) is 10.1. The standard InChI is InChI=1S/C14H21NOS/c15-10-11-5-4-6-12(9-11)17-14-8-3-1-2-7-13(14)16/h4-6,9,13-14,16H,1-3,7-8,10,15H2. The number of aliphatic hydroxyl groups excluding tert-OH is 1. The van der Waals surface area contributed by atoms with Crippen molar-refractivity contribution in [2.75, 3.05) is 0 Å². The Morgan fingerprint density at radius 2 is 2.06 bits per heavy atom. The highest BCUT2D eigenvalue weighted by Crippen LogP contribution is 2.33. The van der Waals surface area contributed by atoms with Crippen molar-refractivity contribution in [2.24, 2.45) is 5.73 Å². The topological polar surface area (TPSA) is 46.2 Å². The highest BCUT2D eigenvalue weighted by Gasteiger charge is 2.22. The minimum Gasteiger partial charge on any atom is -0.392 e. The molecule has 2 rings (SSSR count). The number of hydrogen-bond donors (Lipinski definition) is 2. The van der Waals surface area contributed by atoms with Crippen LogP contribution in [0.15, 0.2) is 29.2 Å². The summed E-state index contributed by atoms with van der Waals surface area (Å²) in [6.07, 6.45) is 5.60. The van der Waals surface area contributed by atoms with Crippen LogP contribution < -0.4 is 5.73 Å². The number of rotatable bonds is 3. The molecule has 94 valence electrons. The monoisotopic (exact) mass is 251 g/mol. The predicted molar refractivity (Wildman–Crippen MR) is 73.1 cm³/mol. The van der Waals surface area contributed by atoms with Crippen LogP contribution in [0.1, 0.15) is 37.7 Å². The maximum Gasteiger partial charge on any atom is 0.0662 e. The smallest absolute Gasteiger partial charge is 0.0662 e. The van der Waals surface area contributed by atoms with E-state index in [9.17, 15) is 5.11 Å². The Morgan fingerprint density at radius 1 is 1.24 bits per heavy atom. The summed E-state index contributed by atoms with van der Waals surface area (Å²) < 4.78 is 0. The van der Waals surface area contributed by atoms with Gasteiger partial charge in [0, 0.05) is 16.7 Å². The van der Waals surface area contributed by atoms with Crippen molar-refractivity contribution in [2.45, 2.75) is 54.9 Å². The molecule has 1 fully saturated rings. The van der Waals surface area contributed by atoms with Crippen LogP contribution in [-0.2, 0) is 6.54 Å². The molecular formula is C14H21NOS. The molecule has 1 aliphatic carbocycles. The van der Waals surface area contributed by atoms with E-state index in [1.807, 2.05) is 23.9 Å². The van der Waals surface area contributed by atoms with Gasteiger partial charge in [0.25, 0.3) is 0 Å². The van der Waals surface area contributed by atoms with Crippen LogP contribution in [0.4, 0.5) is 0 Å². The van der Waals surface area contributed by atoms with Gasteiger partial charge in [-0.25, -0.2) is 0 Å². The molecule has 2 unspecified atom stereocenters. The zero-order chi connectivity index (χ0) is 12.1. The maximum atomic E-state index is 10.1. The highest BCUT2D eigenvalue weighted by atomic mass is 32.2. The Bertz CT molecular complexity index is 356. The SMILES string of the molecule is NCc1cccc(SC2CCCCCC2O)c1. The Hall–Kier alpha value is -0.510. The van der Waals surface area contributed by atoms with Crippen LogP contribution in [0.25, 0.3) is 0 Å². The maximum absolute atomic E-state index is 10.1. The third-order valence-electron chi connectivity index (χ3n) is 3.34. The van der Waals surface area contributed by atoms with E-state index in [-0.39, 0.29) is 6.10 Å². The summed E-state index contributed by atoms with van der Waals surface area (Å²) in [6.45, 7) is 0.585. The lowest BCUT2D eigenvalue weighted by molar-refractivity contribution is 0.163. The van der Waals surface area contributed by atoms with Crippen molar-refractivity contribution in [1.29, 1.82) is 0 Å². The van der Waals surface area contributed by atoms with Crippen LogP contribution in [0.5, 0.6) is 0 Å². The largest absolute Gasteiger partial charge is 0.392 e. The van der Waals surface area contributed by atoms with E-state index in [2.05, 4.69) is 12.1 Å². The molecule has 0 bridgehead atoms. The van der Waals surface area contributed by atoms with Gasteiger partial charge in [-0.2, -0.15) is 0 Å². The van der Waals surface area contributed by atoms with E-state index in [0.717, 1.165) is 18.4 Å². The number of benzene rings is 1. The van der Waals surface area contributed by atoms with Gasteiger partial charge < -0.3 is 10.8 Å². The van der Waals surface area contributed by atoms with E-state index < -0.39 is 0 Å². The molecular weight excluding hydrogens is 230 g/mol. The molecule has 1 aromatic rings. The third kappa shape index (κ3) is 3.73. The second-order valence-corrected chi connectivity index (χ2v) is 6.03. The molecule has 0 amide bonds. The van der Waals surface area contributed by atoms with E-state index in [4.69, 9.17) is 5.73 Å². The summed E-state index contributed by atoms with van der Waals surface area (Å²) in [6, 6.07) is 8.35. The van der Waals surface area contributed by atoms with Crippen molar-refractivity contribution in [3.63, 3.8) is 0 Å². The molecule has 0 aliphatic heterocycles. The van der Waals surface area contributed by atoms with Crippen molar-refractivity contribution >= 4 is 11.8 Å². The summed E-state index contributed by atoms with van der Waals surface area (Å²) in [5.74, 6) is 0. The van der Waals surface area contributed by atoms with Gasteiger partial charge in [0.1, 0.15) is 0 Å². The lowest BCUT2D eigenvalue weighted by atomic mass is 10.1. The Balaban J connectivity index is 2.02. The number of nitrogens with two attached hydrogens (primary N) is 1. The van der Waals surface area contributed by atoms with E-state index in [1.54, 1.807) is 0 Å². The van der Waals surface area contributed by atoms with Crippen molar-refractivity contribution in [1.82, 2.24) is 0 Å². The summed E-state index contributed by atoms with van der Waals surface area (Å²) >= 11 is 1.81. The molecule has 1 saturated carbocycles. The van der Waals surface area contributed by atoms with E-state index in [0.29, 0.717) is 11.8 Å².